The molecule has 2 aromatic heterocycles. The van der Waals surface area contributed by atoms with E-state index in [2.05, 4.69) is 33.9 Å². The van der Waals surface area contributed by atoms with Gasteiger partial charge >= 0.3 is 6.01 Å². The molecule has 0 N–H and O–H groups in total. The first-order valence-corrected chi connectivity index (χ1v) is 8.26. The Bertz CT molecular complexity index is 621. The van der Waals surface area contributed by atoms with E-state index in [1.807, 2.05) is 26.2 Å². The molecule has 0 amide bonds. The van der Waals surface area contributed by atoms with Gasteiger partial charge in [0, 0.05) is 25.2 Å². The highest BCUT2D eigenvalue weighted by Crippen LogP contribution is 2.23. The molecule has 6 nitrogen and oxygen atoms in total. The third kappa shape index (κ3) is 4.03. The van der Waals surface area contributed by atoms with Gasteiger partial charge in [-0.15, -0.1) is 0 Å². The van der Waals surface area contributed by atoms with E-state index in [1.54, 1.807) is 0 Å². The highest BCUT2D eigenvalue weighted by Gasteiger charge is 2.24. The lowest BCUT2D eigenvalue weighted by molar-refractivity contribution is 0.213. The summed E-state index contributed by atoms with van der Waals surface area (Å²) in [5.41, 5.74) is 1.14. The number of ether oxygens (including phenoxy) is 1. The molecule has 1 aliphatic heterocycles. The summed E-state index contributed by atoms with van der Waals surface area (Å²) in [5, 5.41) is 4.03. The highest BCUT2D eigenvalue weighted by molar-refractivity contribution is 6.32. The maximum absolute atomic E-state index is 5.80. The smallest absolute Gasteiger partial charge is 0.324 e. The molecule has 1 saturated heterocycles. The fourth-order valence-corrected chi connectivity index (χ4v) is 2.62. The SMILES string of the molecule is Bc1ccc(OCC2CCN(c3nc(C(C)C)no3)CC2)nc1. The zero-order valence-electron chi connectivity index (χ0n) is 14.0. The van der Waals surface area contributed by atoms with Crippen LogP contribution in [0, 0.1) is 5.92 Å². The Balaban J connectivity index is 1.47. The summed E-state index contributed by atoms with van der Waals surface area (Å²) in [7, 11) is 2.02. The number of hydrogen-bond acceptors (Lipinski definition) is 6. The molecule has 1 aliphatic rings. The van der Waals surface area contributed by atoms with E-state index < -0.39 is 0 Å². The van der Waals surface area contributed by atoms with Crippen LogP contribution in [-0.2, 0) is 0 Å². The monoisotopic (exact) mass is 314 g/mol. The van der Waals surface area contributed by atoms with Crippen molar-refractivity contribution >= 4 is 19.3 Å². The van der Waals surface area contributed by atoms with Crippen molar-refractivity contribution in [2.24, 2.45) is 5.92 Å². The third-order valence-electron chi connectivity index (χ3n) is 4.18. The molecule has 3 heterocycles. The lowest BCUT2D eigenvalue weighted by Gasteiger charge is -2.30. The summed E-state index contributed by atoms with van der Waals surface area (Å²) in [4.78, 5) is 10.9. The van der Waals surface area contributed by atoms with E-state index in [-0.39, 0.29) is 0 Å². The Kier molecular flexibility index (Phi) is 4.83. The quantitative estimate of drug-likeness (QED) is 0.771. The van der Waals surface area contributed by atoms with Crippen LogP contribution in [0.2, 0.25) is 0 Å². The molecule has 2 aromatic rings. The van der Waals surface area contributed by atoms with Crippen molar-refractivity contribution in [1.29, 1.82) is 0 Å². The normalized spacial score (nSPS) is 16.0. The number of nitrogens with zero attached hydrogens (tertiary/aromatic N) is 4. The van der Waals surface area contributed by atoms with Crippen molar-refractivity contribution in [3.8, 4) is 5.88 Å². The molecule has 122 valence electrons. The summed E-state index contributed by atoms with van der Waals surface area (Å²) < 4.78 is 11.2. The molecule has 3 rings (SSSR count). The Morgan fingerprint density at radius 2 is 2.13 bits per heavy atom. The number of anilines is 1. The second-order valence-electron chi connectivity index (χ2n) is 6.51. The summed E-state index contributed by atoms with van der Waals surface area (Å²) in [6.45, 7) is 6.70. The minimum absolute atomic E-state index is 0.292. The number of rotatable bonds is 5. The summed E-state index contributed by atoms with van der Waals surface area (Å²) in [6, 6.07) is 4.59. The van der Waals surface area contributed by atoms with Crippen LogP contribution in [0.25, 0.3) is 0 Å². The number of hydrogen-bond donors (Lipinski definition) is 0. The van der Waals surface area contributed by atoms with E-state index in [0.29, 0.717) is 30.3 Å². The molecule has 0 radical (unpaired) electrons. The number of aromatic nitrogens is 3. The van der Waals surface area contributed by atoms with Gasteiger partial charge in [-0.2, -0.15) is 4.98 Å². The van der Waals surface area contributed by atoms with Gasteiger partial charge in [0.05, 0.1) is 6.61 Å². The van der Waals surface area contributed by atoms with E-state index in [4.69, 9.17) is 9.26 Å². The van der Waals surface area contributed by atoms with Crippen LogP contribution >= 0.6 is 0 Å². The van der Waals surface area contributed by atoms with Gasteiger partial charge in [0.2, 0.25) is 5.88 Å². The second kappa shape index (κ2) is 7.02. The first-order valence-electron chi connectivity index (χ1n) is 8.26. The first-order chi connectivity index (χ1) is 11.1. The molecular weight excluding hydrogens is 291 g/mol. The minimum Gasteiger partial charge on any atom is -0.477 e. The van der Waals surface area contributed by atoms with Crippen LogP contribution in [0.3, 0.4) is 0 Å². The van der Waals surface area contributed by atoms with Gasteiger partial charge in [-0.05, 0) is 24.8 Å². The number of piperidine rings is 1. The molecule has 0 spiro atoms. The largest absolute Gasteiger partial charge is 0.477 e. The lowest BCUT2D eigenvalue weighted by Crippen LogP contribution is -2.35. The van der Waals surface area contributed by atoms with Gasteiger partial charge in [-0.25, -0.2) is 4.98 Å². The highest BCUT2D eigenvalue weighted by atomic mass is 16.5. The molecule has 0 atom stereocenters. The predicted octanol–water partition coefficient (Wildman–Crippen LogP) is 1.14. The maximum atomic E-state index is 5.80. The van der Waals surface area contributed by atoms with Crippen molar-refractivity contribution in [2.45, 2.75) is 32.6 Å². The maximum Gasteiger partial charge on any atom is 0.324 e. The van der Waals surface area contributed by atoms with Crippen LogP contribution in [0.15, 0.2) is 22.9 Å². The van der Waals surface area contributed by atoms with Crippen LogP contribution in [0.1, 0.15) is 38.4 Å². The van der Waals surface area contributed by atoms with E-state index in [1.165, 1.54) is 0 Å². The van der Waals surface area contributed by atoms with Crippen molar-refractivity contribution in [3.63, 3.8) is 0 Å². The fourth-order valence-electron chi connectivity index (χ4n) is 2.62. The van der Waals surface area contributed by atoms with Crippen LogP contribution < -0.4 is 15.1 Å². The minimum atomic E-state index is 0.292. The van der Waals surface area contributed by atoms with Gasteiger partial charge in [0.1, 0.15) is 7.85 Å². The Morgan fingerprint density at radius 3 is 2.74 bits per heavy atom. The zero-order valence-corrected chi connectivity index (χ0v) is 14.0. The van der Waals surface area contributed by atoms with Gasteiger partial charge < -0.3 is 14.2 Å². The van der Waals surface area contributed by atoms with Gasteiger partial charge in [0.15, 0.2) is 5.82 Å². The molecule has 0 bridgehead atoms. The van der Waals surface area contributed by atoms with E-state index in [0.717, 1.165) is 37.2 Å². The lowest BCUT2D eigenvalue weighted by atomic mass is 9.98. The van der Waals surface area contributed by atoms with E-state index in [9.17, 15) is 0 Å². The Labute approximate surface area is 137 Å². The Hall–Kier alpha value is -2.05. The predicted molar refractivity (Wildman–Crippen MR) is 91.2 cm³/mol. The van der Waals surface area contributed by atoms with Gasteiger partial charge in [0.25, 0.3) is 0 Å². The molecular formula is C16H23BN4O2. The molecule has 23 heavy (non-hydrogen) atoms. The summed E-state index contributed by atoms with van der Waals surface area (Å²) in [6.07, 6.45) is 3.95. The van der Waals surface area contributed by atoms with Gasteiger partial charge in [-0.3, -0.25) is 0 Å². The number of pyridine rings is 1. The van der Waals surface area contributed by atoms with Gasteiger partial charge in [-0.1, -0.05) is 30.5 Å². The van der Waals surface area contributed by atoms with Crippen molar-refractivity contribution in [2.75, 3.05) is 24.6 Å². The summed E-state index contributed by atoms with van der Waals surface area (Å²) in [5.74, 6) is 2.31. The van der Waals surface area contributed by atoms with Crippen LogP contribution in [0.4, 0.5) is 6.01 Å². The van der Waals surface area contributed by atoms with E-state index >= 15 is 0 Å². The van der Waals surface area contributed by atoms with Crippen molar-refractivity contribution in [3.05, 3.63) is 24.2 Å². The molecule has 1 fully saturated rings. The van der Waals surface area contributed by atoms with Crippen molar-refractivity contribution in [1.82, 2.24) is 15.1 Å². The first kappa shape index (κ1) is 15.8. The average molecular weight is 314 g/mol. The second-order valence-corrected chi connectivity index (χ2v) is 6.51. The fraction of sp³-hybridized carbons (Fsp3) is 0.562. The molecule has 0 saturated carbocycles. The molecule has 0 unspecified atom stereocenters. The zero-order chi connectivity index (χ0) is 16.2. The molecule has 0 aliphatic carbocycles. The topological polar surface area (TPSA) is 64.3 Å². The van der Waals surface area contributed by atoms with Crippen LogP contribution in [-0.4, -0.2) is 42.7 Å². The third-order valence-corrected chi connectivity index (χ3v) is 4.18. The van der Waals surface area contributed by atoms with Crippen molar-refractivity contribution < 1.29 is 9.26 Å². The Morgan fingerprint density at radius 1 is 1.35 bits per heavy atom. The average Bonchev–Trinajstić information content (AvgIpc) is 3.05. The molecule has 0 aromatic carbocycles. The summed E-state index contributed by atoms with van der Waals surface area (Å²) >= 11 is 0. The standard InChI is InChI=1S/C16H23BN4O2/c1-11(2)15-19-16(23-20-15)21-7-5-12(6-8-21)10-22-14-4-3-13(17)9-18-14/h3-4,9,11-12H,5-8,10,17H2,1-2H3. The van der Waals surface area contributed by atoms with Crippen LogP contribution in [0.5, 0.6) is 5.88 Å². The molecule has 7 heteroatoms.